The molecule has 1 aromatic rings. The van der Waals surface area contributed by atoms with Crippen LogP contribution in [0, 0.1) is 5.92 Å². The summed E-state index contributed by atoms with van der Waals surface area (Å²) in [6.45, 7) is 6.79. The van der Waals surface area contributed by atoms with Crippen LogP contribution in [-0.2, 0) is 6.42 Å². The van der Waals surface area contributed by atoms with Gasteiger partial charge in [0.2, 0.25) is 0 Å². The van der Waals surface area contributed by atoms with Crippen molar-refractivity contribution in [1.29, 1.82) is 0 Å². The van der Waals surface area contributed by atoms with E-state index >= 15 is 0 Å². The quantitative estimate of drug-likeness (QED) is 0.786. The lowest BCUT2D eigenvalue weighted by Gasteiger charge is -2.24. The average Bonchev–Trinajstić information content (AvgIpc) is 2.32. The Morgan fingerprint density at radius 3 is 2.65 bits per heavy atom. The molecule has 0 aliphatic carbocycles. The Morgan fingerprint density at radius 1 is 1.29 bits per heavy atom. The van der Waals surface area contributed by atoms with Crippen LogP contribution >= 0.6 is 0 Å². The van der Waals surface area contributed by atoms with E-state index in [1.807, 2.05) is 0 Å². The van der Waals surface area contributed by atoms with Gasteiger partial charge < -0.3 is 11.1 Å². The maximum atomic E-state index is 6.05. The van der Waals surface area contributed by atoms with Gasteiger partial charge in [-0.25, -0.2) is 0 Å². The normalized spacial score (nSPS) is 17.6. The number of nitrogens with two attached hydrogens (primary N) is 1. The van der Waals surface area contributed by atoms with Crippen LogP contribution in [0.4, 0.5) is 5.69 Å². The average molecular weight is 232 g/mol. The number of anilines is 1. The van der Waals surface area contributed by atoms with Crippen molar-refractivity contribution < 1.29 is 0 Å². The fourth-order valence-corrected chi connectivity index (χ4v) is 2.65. The van der Waals surface area contributed by atoms with Crippen LogP contribution < -0.4 is 11.1 Å². The highest BCUT2D eigenvalue weighted by Crippen LogP contribution is 2.28. The van der Waals surface area contributed by atoms with Crippen molar-refractivity contribution in [2.24, 2.45) is 5.92 Å². The summed E-state index contributed by atoms with van der Waals surface area (Å²) >= 11 is 0. The lowest BCUT2D eigenvalue weighted by atomic mass is 9.88. The maximum Gasteiger partial charge on any atom is 0.0346 e. The molecule has 1 aliphatic rings. The minimum Gasteiger partial charge on any atom is -0.399 e. The second kappa shape index (κ2) is 5.54. The van der Waals surface area contributed by atoms with E-state index in [4.69, 9.17) is 5.73 Å². The highest BCUT2D eigenvalue weighted by atomic mass is 14.9. The summed E-state index contributed by atoms with van der Waals surface area (Å²) in [4.78, 5) is 0. The molecule has 1 aromatic carbocycles. The molecule has 2 nitrogen and oxygen atoms in total. The Morgan fingerprint density at radius 2 is 2.00 bits per heavy atom. The van der Waals surface area contributed by atoms with Gasteiger partial charge in [0.15, 0.2) is 0 Å². The zero-order valence-electron chi connectivity index (χ0n) is 11.0. The largest absolute Gasteiger partial charge is 0.399 e. The molecule has 0 atom stereocenters. The first-order valence-corrected chi connectivity index (χ1v) is 6.76. The standard InChI is InChI=1S/C15H24N2/c1-11(2)9-14-10-13(3-4-15(14)16)12-5-7-17-8-6-12/h3-4,10-12,17H,5-9,16H2,1-2H3. The molecule has 3 N–H and O–H groups in total. The van der Waals surface area contributed by atoms with Crippen molar-refractivity contribution >= 4 is 5.69 Å². The third kappa shape index (κ3) is 3.22. The molecule has 2 rings (SSSR count). The molecule has 17 heavy (non-hydrogen) atoms. The van der Waals surface area contributed by atoms with E-state index in [1.165, 1.54) is 24.0 Å². The van der Waals surface area contributed by atoms with Crippen LogP contribution in [-0.4, -0.2) is 13.1 Å². The fourth-order valence-electron chi connectivity index (χ4n) is 2.65. The van der Waals surface area contributed by atoms with Crippen molar-refractivity contribution in [2.75, 3.05) is 18.8 Å². The third-order valence-corrected chi connectivity index (χ3v) is 3.61. The summed E-state index contributed by atoms with van der Waals surface area (Å²) in [6.07, 6.45) is 3.60. The number of nitrogens with one attached hydrogen (secondary N) is 1. The highest BCUT2D eigenvalue weighted by Gasteiger charge is 2.16. The highest BCUT2D eigenvalue weighted by molar-refractivity contribution is 5.49. The van der Waals surface area contributed by atoms with Gasteiger partial charge in [0.25, 0.3) is 0 Å². The lowest BCUT2D eigenvalue weighted by molar-refractivity contribution is 0.460. The number of rotatable bonds is 3. The van der Waals surface area contributed by atoms with E-state index in [2.05, 4.69) is 37.4 Å². The van der Waals surface area contributed by atoms with E-state index in [1.54, 1.807) is 0 Å². The van der Waals surface area contributed by atoms with Crippen LogP contribution in [0.1, 0.15) is 43.7 Å². The number of benzene rings is 1. The molecule has 1 aliphatic heterocycles. The van der Waals surface area contributed by atoms with Crippen molar-refractivity contribution in [3.8, 4) is 0 Å². The predicted octanol–water partition coefficient (Wildman–Crippen LogP) is 2.93. The molecule has 1 fully saturated rings. The molecule has 0 unspecified atom stereocenters. The van der Waals surface area contributed by atoms with Crippen molar-refractivity contribution in [3.05, 3.63) is 29.3 Å². The van der Waals surface area contributed by atoms with Crippen LogP contribution in [0.25, 0.3) is 0 Å². The fraction of sp³-hybridized carbons (Fsp3) is 0.600. The molecule has 0 saturated carbocycles. The second-order valence-electron chi connectivity index (χ2n) is 5.58. The summed E-state index contributed by atoms with van der Waals surface area (Å²) in [7, 11) is 0. The Bertz CT molecular complexity index is 365. The second-order valence-corrected chi connectivity index (χ2v) is 5.58. The molecule has 2 heteroatoms. The van der Waals surface area contributed by atoms with Gasteiger partial charge in [0.05, 0.1) is 0 Å². The molecule has 0 bridgehead atoms. The van der Waals surface area contributed by atoms with Gasteiger partial charge in [-0.3, -0.25) is 0 Å². The van der Waals surface area contributed by atoms with Crippen molar-refractivity contribution in [2.45, 2.75) is 39.0 Å². The SMILES string of the molecule is CC(C)Cc1cc(C2CCNCC2)ccc1N. The molecule has 0 spiro atoms. The van der Waals surface area contributed by atoms with E-state index < -0.39 is 0 Å². The van der Waals surface area contributed by atoms with Gasteiger partial charge in [-0.05, 0) is 61.4 Å². The summed E-state index contributed by atoms with van der Waals surface area (Å²) in [5.74, 6) is 1.39. The van der Waals surface area contributed by atoms with Crippen LogP contribution in [0.3, 0.4) is 0 Å². The van der Waals surface area contributed by atoms with Gasteiger partial charge in [0.1, 0.15) is 0 Å². The smallest absolute Gasteiger partial charge is 0.0346 e. The monoisotopic (exact) mass is 232 g/mol. The Labute approximate surface area is 105 Å². The topological polar surface area (TPSA) is 38.0 Å². The van der Waals surface area contributed by atoms with E-state index in [9.17, 15) is 0 Å². The Hall–Kier alpha value is -1.02. The minimum atomic E-state index is 0.667. The Kier molecular flexibility index (Phi) is 4.06. The van der Waals surface area contributed by atoms with Gasteiger partial charge in [-0.2, -0.15) is 0 Å². The summed E-state index contributed by atoms with van der Waals surface area (Å²) in [6, 6.07) is 6.65. The number of hydrogen-bond acceptors (Lipinski definition) is 2. The summed E-state index contributed by atoms with van der Waals surface area (Å²) in [5.41, 5.74) is 9.82. The maximum absolute atomic E-state index is 6.05. The predicted molar refractivity (Wildman–Crippen MR) is 74.2 cm³/mol. The molecule has 0 aromatic heterocycles. The first-order valence-electron chi connectivity index (χ1n) is 6.76. The molecule has 1 saturated heterocycles. The van der Waals surface area contributed by atoms with Gasteiger partial charge >= 0.3 is 0 Å². The van der Waals surface area contributed by atoms with Gasteiger partial charge in [-0.15, -0.1) is 0 Å². The first-order chi connectivity index (χ1) is 8.16. The van der Waals surface area contributed by atoms with Crippen molar-refractivity contribution in [3.63, 3.8) is 0 Å². The third-order valence-electron chi connectivity index (χ3n) is 3.61. The first kappa shape index (κ1) is 12.4. The molecular formula is C15H24N2. The zero-order valence-corrected chi connectivity index (χ0v) is 11.0. The molecule has 0 amide bonds. The van der Waals surface area contributed by atoms with E-state index in [0.717, 1.165) is 31.1 Å². The minimum absolute atomic E-state index is 0.667. The number of nitrogen functional groups attached to an aromatic ring is 1. The van der Waals surface area contributed by atoms with Gasteiger partial charge in [0, 0.05) is 5.69 Å². The summed E-state index contributed by atoms with van der Waals surface area (Å²) in [5, 5.41) is 3.42. The molecule has 1 heterocycles. The lowest BCUT2D eigenvalue weighted by Crippen LogP contribution is -2.26. The Balaban J connectivity index is 2.17. The number of piperidine rings is 1. The molecule has 0 radical (unpaired) electrons. The van der Waals surface area contributed by atoms with E-state index in [0.29, 0.717) is 5.92 Å². The number of hydrogen-bond donors (Lipinski definition) is 2. The molecular weight excluding hydrogens is 208 g/mol. The molecule has 94 valence electrons. The van der Waals surface area contributed by atoms with Crippen molar-refractivity contribution in [1.82, 2.24) is 5.32 Å². The van der Waals surface area contributed by atoms with Crippen LogP contribution in [0.5, 0.6) is 0 Å². The summed E-state index contributed by atoms with van der Waals surface area (Å²) < 4.78 is 0. The zero-order chi connectivity index (χ0) is 12.3. The van der Waals surface area contributed by atoms with Gasteiger partial charge in [-0.1, -0.05) is 26.0 Å². The van der Waals surface area contributed by atoms with Crippen LogP contribution in [0.2, 0.25) is 0 Å². The van der Waals surface area contributed by atoms with E-state index in [-0.39, 0.29) is 0 Å². The van der Waals surface area contributed by atoms with Crippen LogP contribution in [0.15, 0.2) is 18.2 Å².